The average Bonchev–Trinajstić information content (AvgIpc) is 2.16. The Labute approximate surface area is 95.0 Å². The fraction of sp³-hybridized carbons (Fsp3) is 0.333. The summed E-state index contributed by atoms with van der Waals surface area (Å²) in [6.45, 7) is 5.71. The van der Waals surface area contributed by atoms with Crippen molar-refractivity contribution < 1.29 is 9.59 Å². The van der Waals surface area contributed by atoms with Crippen molar-refractivity contribution in [3.63, 3.8) is 0 Å². The van der Waals surface area contributed by atoms with Crippen LogP contribution in [0.1, 0.15) is 31.1 Å². The molecule has 0 aliphatic carbocycles. The van der Waals surface area contributed by atoms with Crippen molar-refractivity contribution in [3.8, 4) is 0 Å². The van der Waals surface area contributed by atoms with Crippen LogP contribution in [-0.2, 0) is 4.79 Å². The molecule has 4 nitrogen and oxygen atoms in total. The van der Waals surface area contributed by atoms with Crippen LogP contribution in [0.3, 0.4) is 0 Å². The molecule has 1 aromatic rings. The summed E-state index contributed by atoms with van der Waals surface area (Å²) in [5.41, 5.74) is 0.675. The first-order valence-corrected chi connectivity index (χ1v) is 5.06. The maximum atomic E-state index is 11.9. The predicted molar refractivity (Wildman–Crippen MR) is 63.3 cm³/mol. The summed E-state index contributed by atoms with van der Waals surface area (Å²) in [5.74, 6) is -0.197. The van der Waals surface area contributed by atoms with E-state index in [4.69, 9.17) is 0 Å². The van der Waals surface area contributed by atoms with Crippen LogP contribution in [0.2, 0.25) is 0 Å². The molecule has 0 bridgehead atoms. The molecule has 0 unspecified atom stereocenters. The van der Waals surface area contributed by atoms with E-state index >= 15 is 0 Å². The zero-order valence-corrected chi connectivity index (χ0v) is 9.70. The van der Waals surface area contributed by atoms with Gasteiger partial charge in [-0.15, -0.1) is 0 Å². The number of hydrogen-bond donors (Lipinski definition) is 2. The fourth-order valence-corrected chi connectivity index (χ4v) is 1.28. The lowest BCUT2D eigenvalue weighted by atomic mass is 10.1. The molecule has 4 heteroatoms. The Kier molecular flexibility index (Phi) is 3.66. The molecule has 0 atom stereocenters. The molecule has 0 saturated carbocycles. The largest absolute Gasteiger partial charge is 0.347 e. The van der Waals surface area contributed by atoms with Gasteiger partial charge >= 0.3 is 0 Å². The first-order valence-electron chi connectivity index (χ1n) is 5.06. The second kappa shape index (κ2) is 4.79. The molecule has 0 aromatic heterocycles. The van der Waals surface area contributed by atoms with Crippen LogP contribution in [0.4, 0.5) is 5.69 Å². The SMILES string of the molecule is CC(C)(C)NC(=O)c1ccccc1NC=O. The standard InChI is InChI=1S/C12H16N2O2/c1-12(2,3)14-11(16)9-6-4-5-7-10(9)13-8-15/h4-8H,1-3H3,(H,13,15)(H,14,16). The van der Waals surface area contributed by atoms with Crippen LogP contribution >= 0.6 is 0 Å². The van der Waals surface area contributed by atoms with Crippen LogP contribution in [0, 0.1) is 0 Å². The normalized spacial score (nSPS) is 10.7. The van der Waals surface area contributed by atoms with Gasteiger partial charge in [0.1, 0.15) is 0 Å². The third kappa shape index (κ3) is 3.38. The highest BCUT2D eigenvalue weighted by Gasteiger charge is 2.17. The maximum Gasteiger partial charge on any atom is 0.253 e. The van der Waals surface area contributed by atoms with E-state index in [2.05, 4.69) is 10.6 Å². The molecule has 0 aliphatic heterocycles. The molecule has 0 spiro atoms. The number of carbonyl (C=O) groups excluding carboxylic acids is 2. The highest BCUT2D eigenvalue weighted by atomic mass is 16.2. The van der Waals surface area contributed by atoms with E-state index in [-0.39, 0.29) is 11.4 Å². The summed E-state index contributed by atoms with van der Waals surface area (Å²) in [7, 11) is 0. The number of amides is 2. The molecule has 2 amide bonds. The first-order chi connectivity index (χ1) is 7.44. The maximum absolute atomic E-state index is 11.9. The number of hydrogen-bond acceptors (Lipinski definition) is 2. The van der Waals surface area contributed by atoms with Gasteiger partial charge in [-0.1, -0.05) is 12.1 Å². The van der Waals surface area contributed by atoms with Gasteiger partial charge in [0.25, 0.3) is 5.91 Å². The number of para-hydroxylation sites is 1. The lowest BCUT2D eigenvalue weighted by molar-refractivity contribution is -0.105. The molecular weight excluding hydrogens is 204 g/mol. The van der Waals surface area contributed by atoms with Gasteiger partial charge in [-0.25, -0.2) is 0 Å². The molecule has 2 N–H and O–H groups in total. The molecule has 1 aromatic carbocycles. The number of rotatable bonds is 3. The summed E-state index contributed by atoms with van der Waals surface area (Å²) >= 11 is 0. The summed E-state index contributed by atoms with van der Waals surface area (Å²) < 4.78 is 0. The minimum absolute atomic E-state index is 0.197. The summed E-state index contributed by atoms with van der Waals surface area (Å²) in [6, 6.07) is 6.88. The van der Waals surface area contributed by atoms with Crippen molar-refractivity contribution in [1.82, 2.24) is 5.32 Å². The molecule has 0 saturated heterocycles. The van der Waals surface area contributed by atoms with Crippen LogP contribution in [0.15, 0.2) is 24.3 Å². The molecule has 1 rings (SSSR count). The minimum Gasteiger partial charge on any atom is -0.347 e. The van der Waals surface area contributed by atoms with E-state index in [1.165, 1.54) is 0 Å². The van der Waals surface area contributed by atoms with E-state index in [1.807, 2.05) is 20.8 Å². The highest BCUT2D eigenvalue weighted by molar-refractivity contribution is 6.01. The van der Waals surface area contributed by atoms with E-state index < -0.39 is 0 Å². The lowest BCUT2D eigenvalue weighted by Gasteiger charge is -2.21. The summed E-state index contributed by atoms with van der Waals surface area (Å²) in [4.78, 5) is 22.3. The minimum atomic E-state index is -0.300. The van der Waals surface area contributed by atoms with Gasteiger partial charge in [-0.3, -0.25) is 9.59 Å². The van der Waals surface area contributed by atoms with Gasteiger partial charge in [0, 0.05) is 5.54 Å². The number of benzene rings is 1. The van der Waals surface area contributed by atoms with Gasteiger partial charge in [-0.2, -0.15) is 0 Å². The quantitative estimate of drug-likeness (QED) is 0.763. The highest BCUT2D eigenvalue weighted by Crippen LogP contribution is 2.15. The molecule has 0 radical (unpaired) electrons. The second-order valence-corrected chi connectivity index (χ2v) is 4.51. The smallest absolute Gasteiger partial charge is 0.253 e. The Morgan fingerprint density at radius 3 is 2.44 bits per heavy atom. The first kappa shape index (κ1) is 12.2. The molecule has 16 heavy (non-hydrogen) atoms. The van der Waals surface area contributed by atoms with E-state index in [0.717, 1.165) is 0 Å². The molecule has 0 aliphatic rings. The van der Waals surface area contributed by atoms with Crippen LogP contribution in [0.25, 0.3) is 0 Å². The van der Waals surface area contributed by atoms with Crippen molar-refractivity contribution in [2.45, 2.75) is 26.3 Å². The van der Waals surface area contributed by atoms with Gasteiger partial charge in [0.15, 0.2) is 0 Å². The summed E-state index contributed by atoms with van der Waals surface area (Å²) in [6.07, 6.45) is 0.559. The topological polar surface area (TPSA) is 58.2 Å². The van der Waals surface area contributed by atoms with Crippen LogP contribution < -0.4 is 10.6 Å². The van der Waals surface area contributed by atoms with Crippen molar-refractivity contribution >= 4 is 18.0 Å². The summed E-state index contributed by atoms with van der Waals surface area (Å²) in [5, 5.41) is 5.34. The number of anilines is 1. The Bertz CT molecular complexity index is 394. The molecule has 86 valence electrons. The molecule has 0 heterocycles. The van der Waals surface area contributed by atoms with Crippen LogP contribution in [0.5, 0.6) is 0 Å². The predicted octanol–water partition coefficient (Wildman–Crippen LogP) is 1.78. The Morgan fingerprint density at radius 2 is 1.88 bits per heavy atom. The second-order valence-electron chi connectivity index (χ2n) is 4.51. The fourth-order valence-electron chi connectivity index (χ4n) is 1.28. The van der Waals surface area contributed by atoms with Gasteiger partial charge in [0.05, 0.1) is 11.3 Å². The van der Waals surface area contributed by atoms with Crippen LogP contribution in [-0.4, -0.2) is 17.9 Å². The Balaban J connectivity index is 2.94. The Hall–Kier alpha value is -1.84. The lowest BCUT2D eigenvalue weighted by Crippen LogP contribution is -2.40. The van der Waals surface area contributed by atoms with Gasteiger partial charge < -0.3 is 10.6 Å². The third-order valence-electron chi connectivity index (χ3n) is 1.87. The number of nitrogens with one attached hydrogen (secondary N) is 2. The molecule has 0 fully saturated rings. The Morgan fingerprint density at radius 1 is 1.25 bits per heavy atom. The van der Waals surface area contributed by atoms with Crippen molar-refractivity contribution in [3.05, 3.63) is 29.8 Å². The monoisotopic (exact) mass is 220 g/mol. The van der Waals surface area contributed by atoms with Crippen molar-refractivity contribution in [2.75, 3.05) is 5.32 Å². The van der Waals surface area contributed by atoms with Gasteiger partial charge in [0.2, 0.25) is 6.41 Å². The van der Waals surface area contributed by atoms with Gasteiger partial charge in [-0.05, 0) is 32.9 Å². The van der Waals surface area contributed by atoms with E-state index in [9.17, 15) is 9.59 Å². The third-order valence-corrected chi connectivity index (χ3v) is 1.87. The number of carbonyl (C=O) groups is 2. The van der Waals surface area contributed by atoms with Crippen molar-refractivity contribution in [1.29, 1.82) is 0 Å². The average molecular weight is 220 g/mol. The molecular formula is C12H16N2O2. The zero-order chi connectivity index (χ0) is 12.2. The zero-order valence-electron chi connectivity index (χ0n) is 9.70. The van der Waals surface area contributed by atoms with E-state index in [0.29, 0.717) is 17.7 Å². The van der Waals surface area contributed by atoms with E-state index in [1.54, 1.807) is 24.3 Å². The van der Waals surface area contributed by atoms with Crippen molar-refractivity contribution in [2.24, 2.45) is 0 Å².